The lowest BCUT2D eigenvalue weighted by atomic mass is 9.89. The third-order valence-corrected chi connectivity index (χ3v) is 2.38. The zero-order valence-corrected chi connectivity index (χ0v) is 6.17. The minimum absolute atomic E-state index is 0.486. The molecule has 54 valence electrons. The largest absolute Gasteiger partial charge is 0.304 e. The van der Waals surface area contributed by atoms with Crippen molar-refractivity contribution in [3.63, 3.8) is 0 Å². The van der Waals surface area contributed by atoms with Gasteiger partial charge < -0.3 is 5.01 Å². The van der Waals surface area contributed by atoms with E-state index in [1.807, 2.05) is 5.01 Å². The van der Waals surface area contributed by atoms with Gasteiger partial charge in [0.2, 0.25) is 0 Å². The molecule has 0 amide bonds. The summed E-state index contributed by atoms with van der Waals surface area (Å²) < 4.78 is 0. The van der Waals surface area contributed by atoms with E-state index in [1.165, 1.54) is 24.1 Å². The maximum atomic E-state index is 5.70. The molecule has 0 fully saturated rings. The van der Waals surface area contributed by atoms with Crippen LogP contribution in [0.3, 0.4) is 0 Å². The zero-order chi connectivity index (χ0) is 7.14. The summed E-state index contributed by atoms with van der Waals surface area (Å²) in [5, 5.41) is 1.84. The molecule has 2 heteroatoms. The number of nitrogens with two attached hydrogens (primary N) is 1. The van der Waals surface area contributed by atoms with Crippen molar-refractivity contribution in [2.24, 2.45) is 5.84 Å². The second-order valence-electron chi connectivity index (χ2n) is 2.93. The molecule has 0 aromatic rings. The Balaban J connectivity index is 2.30. The van der Waals surface area contributed by atoms with E-state index in [1.54, 1.807) is 0 Å². The molecule has 1 heterocycles. The van der Waals surface area contributed by atoms with Gasteiger partial charge in [-0.2, -0.15) is 0 Å². The molecule has 0 spiro atoms. The van der Waals surface area contributed by atoms with Crippen molar-refractivity contribution in [2.75, 3.05) is 0 Å². The van der Waals surface area contributed by atoms with Crippen LogP contribution in [-0.4, -0.2) is 11.1 Å². The van der Waals surface area contributed by atoms with Gasteiger partial charge in [-0.15, -0.1) is 0 Å². The van der Waals surface area contributed by atoms with Gasteiger partial charge in [0.05, 0.1) is 11.7 Å². The van der Waals surface area contributed by atoms with E-state index in [4.69, 9.17) is 5.84 Å². The average molecular weight is 136 g/mol. The Morgan fingerprint density at radius 1 is 1.70 bits per heavy atom. The predicted molar refractivity (Wildman–Crippen MR) is 40.9 cm³/mol. The van der Waals surface area contributed by atoms with Crippen molar-refractivity contribution in [3.8, 4) is 0 Å². The molecule has 1 aliphatic heterocycles. The van der Waals surface area contributed by atoms with Gasteiger partial charge in [0.25, 0.3) is 0 Å². The number of nitrogens with zero attached hydrogens (tertiary/aromatic N) is 1. The minimum Gasteiger partial charge on any atom is -0.304 e. The first-order valence-corrected chi connectivity index (χ1v) is 3.74. The van der Waals surface area contributed by atoms with E-state index >= 15 is 0 Å². The maximum absolute atomic E-state index is 5.70. The molecule has 0 bridgehead atoms. The Morgan fingerprint density at radius 3 is 3.20 bits per heavy atom. The van der Waals surface area contributed by atoms with Gasteiger partial charge in [-0.3, -0.25) is 0 Å². The molecule has 10 heavy (non-hydrogen) atoms. The van der Waals surface area contributed by atoms with E-state index in [0.717, 1.165) is 0 Å². The molecule has 0 aromatic heterocycles. The molecule has 0 saturated heterocycles. The maximum Gasteiger partial charge on any atom is 0.0657 e. The smallest absolute Gasteiger partial charge is 0.0657 e. The van der Waals surface area contributed by atoms with Gasteiger partial charge in [-0.05, 0) is 31.4 Å². The SMILES string of the molecule is CC1C2=C(C=CCC2)N1N. The first-order valence-electron chi connectivity index (χ1n) is 3.74. The first kappa shape index (κ1) is 5.98. The summed E-state index contributed by atoms with van der Waals surface area (Å²) in [6.07, 6.45) is 6.71. The normalized spacial score (nSPS) is 30.2. The number of allylic oxidation sites excluding steroid dienone is 2. The van der Waals surface area contributed by atoms with Crippen LogP contribution in [-0.2, 0) is 0 Å². The van der Waals surface area contributed by atoms with Crippen LogP contribution in [0, 0.1) is 0 Å². The van der Waals surface area contributed by atoms with Crippen molar-refractivity contribution in [2.45, 2.75) is 25.8 Å². The van der Waals surface area contributed by atoms with Crippen LogP contribution in [0.25, 0.3) is 0 Å². The molecule has 0 aromatic carbocycles. The summed E-state index contributed by atoms with van der Waals surface area (Å²) in [5.41, 5.74) is 2.78. The summed E-state index contributed by atoms with van der Waals surface area (Å²) in [6, 6.07) is 0.486. The molecular formula is C8H12N2. The van der Waals surface area contributed by atoms with Gasteiger partial charge >= 0.3 is 0 Å². The van der Waals surface area contributed by atoms with Crippen LogP contribution < -0.4 is 5.84 Å². The lowest BCUT2D eigenvalue weighted by Crippen LogP contribution is -2.49. The highest BCUT2D eigenvalue weighted by Gasteiger charge is 2.30. The molecule has 2 nitrogen and oxygen atoms in total. The fraction of sp³-hybridized carbons (Fsp3) is 0.500. The van der Waals surface area contributed by atoms with Crippen LogP contribution in [0.4, 0.5) is 0 Å². The quantitative estimate of drug-likeness (QED) is 0.506. The van der Waals surface area contributed by atoms with Crippen molar-refractivity contribution < 1.29 is 0 Å². The Kier molecular flexibility index (Phi) is 1.11. The van der Waals surface area contributed by atoms with Gasteiger partial charge in [0, 0.05) is 0 Å². The highest BCUT2D eigenvalue weighted by atomic mass is 15.5. The van der Waals surface area contributed by atoms with Crippen LogP contribution in [0.2, 0.25) is 0 Å². The molecule has 1 unspecified atom stereocenters. The fourth-order valence-corrected chi connectivity index (χ4v) is 1.65. The van der Waals surface area contributed by atoms with Crippen molar-refractivity contribution in [1.82, 2.24) is 5.01 Å². The zero-order valence-electron chi connectivity index (χ0n) is 6.17. The van der Waals surface area contributed by atoms with Gasteiger partial charge in [0.15, 0.2) is 0 Å². The van der Waals surface area contributed by atoms with Crippen molar-refractivity contribution >= 4 is 0 Å². The van der Waals surface area contributed by atoms with Crippen LogP contribution in [0.15, 0.2) is 23.4 Å². The summed E-state index contributed by atoms with van der Waals surface area (Å²) in [7, 11) is 0. The summed E-state index contributed by atoms with van der Waals surface area (Å²) in [4.78, 5) is 0. The summed E-state index contributed by atoms with van der Waals surface area (Å²) in [6.45, 7) is 2.15. The van der Waals surface area contributed by atoms with E-state index < -0.39 is 0 Å². The molecule has 1 atom stereocenters. The Morgan fingerprint density at radius 2 is 2.50 bits per heavy atom. The molecule has 2 N–H and O–H groups in total. The van der Waals surface area contributed by atoms with Crippen molar-refractivity contribution in [1.29, 1.82) is 0 Å². The van der Waals surface area contributed by atoms with Crippen LogP contribution in [0.1, 0.15) is 19.8 Å². The van der Waals surface area contributed by atoms with E-state index in [2.05, 4.69) is 19.1 Å². The predicted octanol–water partition coefficient (Wildman–Crippen LogP) is 1.17. The van der Waals surface area contributed by atoms with E-state index in [9.17, 15) is 0 Å². The lowest BCUT2D eigenvalue weighted by Gasteiger charge is -2.42. The topological polar surface area (TPSA) is 29.3 Å². The van der Waals surface area contributed by atoms with Crippen LogP contribution in [0.5, 0.6) is 0 Å². The second-order valence-corrected chi connectivity index (χ2v) is 2.93. The molecule has 2 rings (SSSR count). The van der Waals surface area contributed by atoms with E-state index in [-0.39, 0.29) is 0 Å². The third-order valence-electron chi connectivity index (χ3n) is 2.38. The third kappa shape index (κ3) is 0.570. The lowest BCUT2D eigenvalue weighted by molar-refractivity contribution is 0.247. The molecular weight excluding hydrogens is 124 g/mol. The monoisotopic (exact) mass is 136 g/mol. The van der Waals surface area contributed by atoms with Crippen LogP contribution >= 0.6 is 0 Å². The van der Waals surface area contributed by atoms with Gasteiger partial charge in [-0.25, -0.2) is 5.84 Å². The number of hydrogen-bond acceptors (Lipinski definition) is 2. The molecule has 0 radical (unpaired) electrons. The number of rotatable bonds is 0. The van der Waals surface area contributed by atoms with Gasteiger partial charge in [0.1, 0.15) is 0 Å². The Bertz CT molecular complexity index is 215. The van der Waals surface area contributed by atoms with Crippen molar-refractivity contribution in [3.05, 3.63) is 23.4 Å². The minimum atomic E-state index is 0.486. The second kappa shape index (κ2) is 1.86. The van der Waals surface area contributed by atoms with Gasteiger partial charge in [-0.1, -0.05) is 6.08 Å². The fourth-order valence-electron chi connectivity index (χ4n) is 1.65. The highest BCUT2D eigenvalue weighted by Crippen LogP contribution is 2.34. The molecule has 0 saturated carbocycles. The first-order chi connectivity index (χ1) is 4.80. The van der Waals surface area contributed by atoms with E-state index in [0.29, 0.717) is 6.04 Å². The number of hydrogen-bond donors (Lipinski definition) is 1. The number of hydrazine groups is 1. The average Bonchev–Trinajstić information content (AvgIpc) is 2.03. The summed E-state index contributed by atoms with van der Waals surface area (Å²) >= 11 is 0. The Hall–Kier alpha value is -0.760. The Labute approximate surface area is 61.0 Å². The molecule has 2 aliphatic rings. The summed E-state index contributed by atoms with van der Waals surface area (Å²) in [5.74, 6) is 5.70. The standard InChI is InChI=1S/C8H12N2/c1-6-7-4-2-3-5-8(7)10(6)9/h3,5-6H,2,4,9H2,1H3. The molecule has 1 aliphatic carbocycles. The highest BCUT2D eigenvalue weighted by molar-refractivity contribution is 5.39.